The van der Waals surface area contributed by atoms with E-state index in [4.69, 9.17) is 11.6 Å². The fourth-order valence-electron chi connectivity index (χ4n) is 3.01. The van der Waals surface area contributed by atoms with Crippen molar-refractivity contribution in [1.29, 1.82) is 0 Å². The Morgan fingerprint density at radius 3 is 2.60 bits per heavy atom. The zero-order chi connectivity index (χ0) is 17.8. The van der Waals surface area contributed by atoms with Crippen LogP contribution >= 0.6 is 11.6 Å². The van der Waals surface area contributed by atoms with Crippen LogP contribution in [0, 0.1) is 5.92 Å². The number of aryl methyl sites for hydroxylation is 1. The van der Waals surface area contributed by atoms with Crippen molar-refractivity contribution < 1.29 is 9.59 Å². The highest BCUT2D eigenvalue weighted by Crippen LogP contribution is 2.26. The van der Waals surface area contributed by atoms with Gasteiger partial charge in [0.25, 0.3) is 0 Å². The summed E-state index contributed by atoms with van der Waals surface area (Å²) in [5, 5.41) is 3.52. The Morgan fingerprint density at radius 2 is 1.92 bits per heavy atom. The first-order valence-electron chi connectivity index (χ1n) is 8.49. The Labute approximate surface area is 152 Å². The van der Waals surface area contributed by atoms with Crippen LogP contribution in [0.1, 0.15) is 24.5 Å². The SMILES string of the molecule is CCc1ccc(N2C[C@H](C(=O)NCc3ccccc3Cl)CC2=O)cc1. The summed E-state index contributed by atoms with van der Waals surface area (Å²) in [7, 11) is 0. The number of halogens is 1. The number of hydrogen-bond donors (Lipinski definition) is 1. The predicted octanol–water partition coefficient (Wildman–Crippen LogP) is 3.57. The molecule has 130 valence electrons. The Hall–Kier alpha value is -2.33. The van der Waals surface area contributed by atoms with Gasteiger partial charge in [-0.2, -0.15) is 0 Å². The van der Waals surface area contributed by atoms with Crippen LogP contribution in [-0.2, 0) is 22.6 Å². The lowest BCUT2D eigenvalue weighted by Gasteiger charge is -2.17. The molecule has 1 atom stereocenters. The van der Waals surface area contributed by atoms with E-state index < -0.39 is 0 Å². The fraction of sp³-hybridized carbons (Fsp3) is 0.300. The van der Waals surface area contributed by atoms with E-state index in [1.54, 1.807) is 11.0 Å². The highest BCUT2D eigenvalue weighted by Gasteiger charge is 2.34. The van der Waals surface area contributed by atoms with Gasteiger partial charge in [0.1, 0.15) is 0 Å². The van der Waals surface area contributed by atoms with Gasteiger partial charge in [-0.15, -0.1) is 0 Å². The van der Waals surface area contributed by atoms with Gasteiger partial charge in [-0.3, -0.25) is 9.59 Å². The van der Waals surface area contributed by atoms with Crippen molar-refractivity contribution in [3.05, 3.63) is 64.7 Å². The van der Waals surface area contributed by atoms with E-state index in [1.807, 2.05) is 42.5 Å². The predicted molar refractivity (Wildman–Crippen MR) is 99.6 cm³/mol. The molecule has 1 N–H and O–H groups in total. The molecular weight excluding hydrogens is 336 g/mol. The monoisotopic (exact) mass is 356 g/mol. The standard InChI is InChI=1S/C20H21ClN2O2/c1-2-14-7-9-17(10-8-14)23-13-16(11-19(23)24)20(25)22-12-15-5-3-4-6-18(15)21/h3-10,16H,2,11-13H2,1H3,(H,22,25)/t16-/m1/s1. The van der Waals surface area contributed by atoms with Crippen LogP contribution in [0.15, 0.2) is 48.5 Å². The maximum absolute atomic E-state index is 12.4. The van der Waals surface area contributed by atoms with Crippen LogP contribution < -0.4 is 10.2 Å². The van der Waals surface area contributed by atoms with E-state index in [-0.39, 0.29) is 24.2 Å². The van der Waals surface area contributed by atoms with Crippen LogP contribution in [0.4, 0.5) is 5.69 Å². The third-order valence-electron chi connectivity index (χ3n) is 4.56. The summed E-state index contributed by atoms with van der Waals surface area (Å²) in [4.78, 5) is 26.4. The van der Waals surface area contributed by atoms with Crippen molar-refractivity contribution in [1.82, 2.24) is 5.32 Å². The van der Waals surface area contributed by atoms with Crippen LogP contribution in [0.25, 0.3) is 0 Å². The van der Waals surface area contributed by atoms with Gasteiger partial charge in [-0.1, -0.05) is 48.9 Å². The second-order valence-electron chi connectivity index (χ2n) is 6.23. The molecule has 1 aliphatic rings. The van der Waals surface area contributed by atoms with Gasteiger partial charge in [0.2, 0.25) is 11.8 Å². The normalized spacial score (nSPS) is 17.0. The quantitative estimate of drug-likeness (QED) is 0.890. The van der Waals surface area contributed by atoms with E-state index in [1.165, 1.54) is 5.56 Å². The molecule has 1 saturated heterocycles. The minimum absolute atomic E-state index is 0.0119. The molecule has 1 fully saturated rings. The smallest absolute Gasteiger partial charge is 0.227 e. The van der Waals surface area contributed by atoms with E-state index in [0.717, 1.165) is 17.7 Å². The molecule has 2 aromatic rings. The third-order valence-corrected chi connectivity index (χ3v) is 4.93. The van der Waals surface area contributed by atoms with E-state index in [0.29, 0.717) is 18.1 Å². The second kappa shape index (κ2) is 7.70. The summed E-state index contributed by atoms with van der Waals surface area (Å²) in [6.07, 6.45) is 1.20. The first-order chi connectivity index (χ1) is 12.1. The Balaban J connectivity index is 1.61. The highest BCUT2D eigenvalue weighted by molar-refractivity contribution is 6.31. The number of benzene rings is 2. The number of rotatable bonds is 5. The van der Waals surface area contributed by atoms with Crippen molar-refractivity contribution in [3.63, 3.8) is 0 Å². The lowest BCUT2D eigenvalue weighted by Crippen LogP contribution is -2.32. The van der Waals surface area contributed by atoms with Crippen molar-refractivity contribution in [2.75, 3.05) is 11.4 Å². The van der Waals surface area contributed by atoms with Gasteiger partial charge in [-0.05, 0) is 35.7 Å². The fourth-order valence-corrected chi connectivity index (χ4v) is 3.22. The molecule has 0 aliphatic carbocycles. The molecule has 1 heterocycles. The Morgan fingerprint density at radius 1 is 1.20 bits per heavy atom. The van der Waals surface area contributed by atoms with Crippen molar-refractivity contribution in [2.24, 2.45) is 5.92 Å². The summed E-state index contributed by atoms with van der Waals surface area (Å²) in [5.74, 6) is -0.455. The molecule has 0 radical (unpaired) electrons. The summed E-state index contributed by atoms with van der Waals surface area (Å²) in [6.45, 7) is 2.88. The zero-order valence-electron chi connectivity index (χ0n) is 14.2. The van der Waals surface area contributed by atoms with Crippen molar-refractivity contribution >= 4 is 29.1 Å². The molecule has 0 bridgehead atoms. The first-order valence-corrected chi connectivity index (χ1v) is 8.86. The van der Waals surface area contributed by atoms with Crippen LogP contribution in [0.2, 0.25) is 5.02 Å². The van der Waals surface area contributed by atoms with E-state index in [9.17, 15) is 9.59 Å². The number of nitrogens with zero attached hydrogens (tertiary/aromatic N) is 1. The minimum atomic E-state index is -0.333. The molecule has 5 heteroatoms. The van der Waals surface area contributed by atoms with Crippen LogP contribution in [-0.4, -0.2) is 18.4 Å². The molecule has 4 nitrogen and oxygen atoms in total. The molecular formula is C20H21ClN2O2. The molecule has 0 aromatic heterocycles. The lowest BCUT2D eigenvalue weighted by atomic mass is 10.1. The highest BCUT2D eigenvalue weighted by atomic mass is 35.5. The van der Waals surface area contributed by atoms with Crippen LogP contribution in [0.3, 0.4) is 0 Å². The summed E-state index contributed by atoms with van der Waals surface area (Å²) in [5.41, 5.74) is 2.95. The van der Waals surface area contributed by atoms with E-state index in [2.05, 4.69) is 12.2 Å². The number of carbonyl (C=O) groups is 2. The topological polar surface area (TPSA) is 49.4 Å². The average Bonchev–Trinajstić information content (AvgIpc) is 3.03. The molecule has 2 aromatic carbocycles. The molecule has 0 unspecified atom stereocenters. The summed E-state index contributed by atoms with van der Waals surface area (Å²) >= 11 is 6.10. The summed E-state index contributed by atoms with van der Waals surface area (Å²) in [6, 6.07) is 15.3. The maximum Gasteiger partial charge on any atom is 0.227 e. The van der Waals surface area contributed by atoms with Gasteiger partial charge >= 0.3 is 0 Å². The third kappa shape index (κ3) is 4.02. The minimum Gasteiger partial charge on any atom is -0.352 e. The van der Waals surface area contributed by atoms with Gasteiger partial charge < -0.3 is 10.2 Å². The molecule has 25 heavy (non-hydrogen) atoms. The Bertz CT molecular complexity index is 774. The number of anilines is 1. The van der Waals surface area contributed by atoms with Gasteiger partial charge in [0.05, 0.1) is 5.92 Å². The zero-order valence-corrected chi connectivity index (χ0v) is 14.9. The Kier molecular flexibility index (Phi) is 5.39. The largest absolute Gasteiger partial charge is 0.352 e. The number of hydrogen-bond acceptors (Lipinski definition) is 2. The van der Waals surface area contributed by atoms with Crippen LogP contribution in [0.5, 0.6) is 0 Å². The maximum atomic E-state index is 12.4. The number of nitrogens with one attached hydrogen (secondary N) is 1. The lowest BCUT2D eigenvalue weighted by molar-refractivity contribution is -0.126. The molecule has 2 amide bonds. The first kappa shape index (κ1) is 17.5. The van der Waals surface area contributed by atoms with E-state index >= 15 is 0 Å². The average molecular weight is 357 g/mol. The van der Waals surface area contributed by atoms with Gasteiger partial charge in [-0.25, -0.2) is 0 Å². The molecule has 0 saturated carbocycles. The number of amides is 2. The number of carbonyl (C=O) groups excluding carboxylic acids is 2. The van der Waals surface area contributed by atoms with Gasteiger partial charge in [0.15, 0.2) is 0 Å². The second-order valence-corrected chi connectivity index (χ2v) is 6.64. The van der Waals surface area contributed by atoms with Gasteiger partial charge in [0, 0.05) is 30.2 Å². The molecule has 0 spiro atoms. The summed E-state index contributed by atoms with van der Waals surface area (Å²) < 4.78 is 0. The molecule has 3 rings (SSSR count). The van der Waals surface area contributed by atoms with Crippen molar-refractivity contribution in [2.45, 2.75) is 26.3 Å². The van der Waals surface area contributed by atoms with Crippen molar-refractivity contribution in [3.8, 4) is 0 Å². The molecule has 1 aliphatic heterocycles.